The molecule has 2 aliphatic heterocycles. The van der Waals surface area contributed by atoms with Crippen LogP contribution in [-0.2, 0) is 14.8 Å². The number of nitriles is 1. The van der Waals surface area contributed by atoms with Crippen LogP contribution in [0, 0.1) is 11.3 Å². The Kier molecular flexibility index (Phi) is 5.29. The number of benzene rings is 1. The SMILES string of the molecule is N#Cc1c(Cl)cccc1S(=O)(=O)N1CCCC(N2CCNCC2=O)C1. The number of carbonyl (C=O) groups is 1. The lowest BCUT2D eigenvalue weighted by atomic mass is 10.1. The molecule has 1 aromatic rings. The number of hydrogen-bond acceptors (Lipinski definition) is 5. The topological polar surface area (TPSA) is 93.5 Å². The van der Waals surface area contributed by atoms with Crippen molar-refractivity contribution >= 4 is 27.5 Å². The highest BCUT2D eigenvalue weighted by Gasteiger charge is 2.36. The van der Waals surface area contributed by atoms with Crippen molar-refractivity contribution in [1.82, 2.24) is 14.5 Å². The number of amides is 1. The Labute approximate surface area is 152 Å². The van der Waals surface area contributed by atoms with Gasteiger partial charge in [0.2, 0.25) is 15.9 Å². The highest BCUT2D eigenvalue weighted by atomic mass is 35.5. The molecule has 0 bridgehead atoms. The van der Waals surface area contributed by atoms with Crippen LogP contribution in [-0.4, -0.2) is 62.3 Å². The van der Waals surface area contributed by atoms with Gasteiger partial charge in [-0.15, -0.1) is 0 Å². The Hall–Kier alpha value is -1.66. The van der Waals surface area contributed by atoms with E-state index in [-0.39, 0.29) is 40.5 Å². The number of halogens is 1. The monoisotopic (exact) mass is 382 g/mol. The summed E-state index contributed by atoms with van der Waals surface area (Å²) in [7, 11) is -3.84. The number of nitrogens with one attached hydrogen (secondary N) is 1. The Morgan fingerprint density at radius 3 is 2.84 bits per heavy atom. The molecule has 25 heavy (non-hydrogen) atoms. The molecular weight excluding hydrogens is 364 g/mol. The van der Waals surface area contributed by atoms with Crippen LogP contribution in [0.25, 0.3) is 0 Å². The van der Waals surface area contributed by atoms with Crippen molar-refractivity contribution < 1.29 is 13.2 Å². The van der Waals surface area contributed by atoms with Crippen molar-refractivity contribution in [1.29, 1.82) is 5.26 Å². The number of sulfonamides is 1. The second kappa shape index (κ2) is 7.30. The first kappa shape index (κ1) is 18.1. The average Bonchev–Trinajstić information content (AvgIpc) is 2.62. The Morgan fingerprint density at radius 2 is 2.12 bits per heavy atom. The molecule has 2 heterocycles. The van der Waals surface area contributed by atoms with E-state index >= 15 is 0 Å². The van der Waals surface area contributed by atoms with Gasteiger partial charge in [0.25, 0.3) is 0 Å². The Bertz CT molecular complexity index is 821. The minimum absolute atomic E-state index is 0.00373. The summed E-state index contributed by atoms with van der Waals surface area (Å²) in [6, 6.07) is 6.17. The maximum absolute atomic E-state index is 13.0. The number of carbonyl (C=O) groups excluding carboxylic acids is 1. The zero-order valence-electron chi connectivity index (χ0n) is 13.6. The van der Waals surface area contributed by atoms with Crippen LogP contribution < -0.4 is 5.32 Å². The predicted molar refractivity (Wildman–Crippen MR) is 92.5 cm³/mol. The smallest absolute Gasteiger partial charge is 0.244 e. The van der Waals surface area contributed by atoms with Crippen molar-refractivity contribution in [2.45, 2.75) is 23.8 Å². The van der Waals surface area contributed by atoms with Crippen LogP contribution in [0.5, 0.6) is 0 Å². The highest BCUT2D eigenvalue weighted by Crippen LogP contribution is 2.28. The highest BCUT2D eigenvalue weighted by molar-refractivity contribution is 7.89. The van der Waals surface area contributed by atoms with Gasteiger partial charge in [-0.05, 0) is 25.0 Å². The van der Waals surface area contributed by atoms with Crippen molar-refractivity contribution in [2.75, 3.05) is 32.7 Å². The molecule has 0 spiro atoms. The molecule has 9 heteroatoms. The molecule has 0 radical (unpaired) electrons. The third kappa shape index (κ3) is 3.51. The third-order valence-corrected chi connectivity index (χ3v) is 6.85. The predicted octanol–water partition coefficient (Wildman–Crippen LogP) is 0.797. The van der Waals surface area contributed by atoms with Crippen LogP contribution in [0.15, 0.2) is 23.1 Å². The summed E-state index contributed by atoms with van der Waals surface area (Å²) in [5.41, 5.74) is -0.0375. The third-order valence-electron chi connectivity index (χ3n) is 4.63. The first-order chi connectivity index (χ1) is 11.9. The molecule has 7 nitrogen and oxygen atoms in total. The van der Waals surface area contributed by atoms with Crippen LogP contribution in [0.4, 0.5) is 0 Å². The summed E-state index contributed by atoms with van der Waals surface area (Å²) in [5.74, 6) is -0.00373. The van der Waals surface area contributed by atoms with Crippen LogP contribution in [0.1, 0.15) is 18.4 Å². The minimum Gasteiger partial charge on any atom is -0.336 e. The largest absolute Gasteiger partial charge is 0.336 e. The second-order valence-electron chi connectivity index (χ2n) is 6.15. The van der Waals surface area contributed by atoms with Crippen molar-refractivity contribution in [3.63, 3.8) is 0 Å². The Morgan fingerprint density at radius 1 is 1.32 bits per heavy atom. The molecule has 1 N–H and O–H groups in total. The number of hydrogen-bond donors (Lipinski definition) is 1. The van der Waals surface area contributed by atoms with E-state index in [0.29, 0.717) is 26.1 Å². The summed E-state index contributed by atoms with van der Waals surface area (Å²) in [6.45, 7) is 2.19. The van der Waals surface area contributed by atoms with E-state index in [1.54, 1.807) is 4.90 Å². The van der Waals surface area contributed by atoms with E-state index < -0.39 is 10.0 Å². The van der Waals surface area contributed by atoms with E-state index in [2.05, 4.69) is 5.32 Å². The fourth-order valence-electron chi connectivity index (χ4n) is 3.37. The lowest BCUT2D eigenvalue weighted by Gasteiger charge is -2.40. The van der Waals surface area contributed by atoms with Crippen molar-refractivity contribution in [3.8, 4) is 6.07 Å². The van der Waals surface area contributed by atoms with Crippen LogP contribution >= 0.6 is 11.6 Å². The van der Waals surface area contributed by atoms with Gasteiger partial charge < -0.3 is 10.2 Å². The summed E-state index contributed by atoms with van der Waals surface area (Å²) in [6.07, 6.45) is 1.45. The molecule has 1 unspecified atom stereocenters. The van der Waals surface area contributed by atoms with Gasteiger partial charge in [0, 0.05) is 32.2 Å². The van der Waals surface area contributed by atoms with E-state index in [4.69, 9.17) is 11.6 Å². The van der Waals surface area contributed by atoms with Crippen molar-refractivity contribution in [2.24, 2.45) is 0 Å². The molecule has 0 saturated carbocycles. The number of nitrogens with zero attached hydrogens (tertiary/aromatic N) is 3. The quantitative estimate of drug-likeness (QED) is 0.834. The zero-order valence-corrected chi connectivity index (χ0v) is 15.2. The number of piperidine rings is 1. The molecule has 1 amide bonds. The van der Waals surface area contributed by atoms with E-state index in [1.165, 1.54) is 22.5 Å². The van der Waals surface area contributed by atoms with Gasteiger partial charge >= 0.3 is 0 Å². The van der Waals surface area contributed by atoms with Gasteiger partial charge in [-0.25, -0.2) is 8.42 Å². The van der Waals surface area contributed by atoms with Gasteiger partial charge in [-0.1, -0.05) is 17.7 Å². The molecule has 1 atom stereocenters. The summed E-state index contributed by atoms with van der Waals surface area (Å²) in [4.78, 5) is 13.8. The van der Waals surface area contributed by atoms with E-state index in [9.17, 15) is 18.5 Å². The number of rotatable bonds is 3. The first-order valence-electron chi connectivity index (χ1n) is 8.14. The second-order valence-corrected chi connectivity index (χ2v) is 8.46. The standard InChI is InChI=1S/C16H19ClN4O3S/c17-14-4-1-5-15(13(14)9-18)25(23,24)20-7-2-3-12(11-20)21-8-6-19-10-16(21)22/h1,4-5,12,19H,2-3,6-8,10-11H2. The van der Waals surface area contributed by atoms with Gasteiger partial charge in [0.1, 0.15) is 11.0 Å². The fourth-order valence-corrected chi connectivity index (χ4v) is 5.32. The molecule has 0 aliphatic carbocycles. The molecule has 134 valence electrons. The zero-order chi connectivity index (χ0) is 18.0. The first-order valence-corrected chi connectivity index (χ1v) is 9.96. The number of piperazine rings is 1. The maximum Gasteiger partial charge on any atom is 0.244 e. The van der Waals surface area contributed by atoms with Crippen molar-refractivity contribution in [3.05, 3.63) is 28.8 Å². The molecule has 2 aliphatic rings. The lowest BCUT2D eigenvalue weighted by Crippen LogP contribution is -2.57. The van der Waals surface area contributed by atoms with E-state index in [0.717, 1.165) is 6.42 Å². The summed E-state index contributed by atoms with van der Waals surface area (Å²) >= 11 is 5.98. The van der Waals surface area contributed by atoms with Crippen LogP contribution in [0.3, 0.4) is 0 Å². The van der Waals surface area contributed by atoms with Gasteiger partial charge in [-0.3, -0.25) is 4.79 Å². The fraction of sp³-hybridized carbons (Fsp3) is 0.500. The molecule has 2 fully saturated rings. The molecule has 0 aromatic heterocycles. The normalized spacial score (nSPS) is 22.6. The molecule has 2 saturated heterocycles. The maximum atomic E-state index is 13.0. The summed E-state index contributed by atoms with van der Waals surface area (Å²) < 4.78 is 27.4. The molecule has 3 rings (SSSR count). The van der Waals surface area contributed by atoms with Gasteiger partial charge in [0.05, 0.1) is 17.1 Å². The van der Waals surface area contributed by atoms with Gasteiger partial charge in [-0.2, -0.15) is 9.57 Å². The average molecular weight is 383 g/mol. The van der Waals surface area contributed by atoms with E-state index in [1.807, 2.05) is 6.07 Å². The summed E-state index contributed by atoms with van der Waals surface area (Å²) in [5, 5.41) is 12.4. The minimum atomic E-state index is -3.84. The molecular formula is C16H19ClN4O3S. The molecule has 1 aromatic carbocycles. The lowest BCUT2D eigenvalue weighted by molar-refractivity contribution is -0.135. The van der Waals surface area contributed by atoms with Crippen LogP contribution in [0.2, 0.25) is 5.02 Å². The van der Waals surface area contributed by atoms with Gasteiger partial charge in [0.15, 0.2) is 0 Å². The Balaban J connectivity index is 1.87.